The van der Waals surface area contributed by atoms with Gasteiger partial charge < -0.3 is 28.7 Å². The van der Waals surface area contributed by atoms with Crippen LogP contribution < -0.4 is 19.1 Å². The molecular weight excluding hydrogens is 906 g/mol. The zero-order valence-electron chi connectivity index (χ0n) is 39.2. The fourth-order valence-corrected chi connectivity index (χ4v) is 11.3. The Kier molecular flexibility index (Phi) is 14.0. The summed E-state index contributed by atoms with van der Waals surface area (Å²) in [7, 11) is -2.40. The van der Waals surface area contributed by atoms with E-state index in [-0.39, 0.29) is 37.6 Å². The van der Waals surface area contributed by atoms with E-state index in [1.54, 1.807) is 26.2 Å². The Hall–Kier alpha value is -5.23. The summed E-state index contributed by atoms with van der Waals surface area (Å²) in [5.41, 5.74) is -1.80. The number of aromatic nitrogens is 1. The largest absolute Gasteiger partial charge is 0.497 e. The third-order valence-corrected chi connectivity index (χ3v) is 16.2. The number of esters is 1. The molecule has 2 aliphatic carbocycles. The number of carbonyl (C=O) groups excluding carboxylic acids is 4. The van der Waals surface area contributed by atoms with E-state index in [1.165, 1.54) is 4.90 Å². The Morgan fingerprint density at radius 2 is 1.71 bits per heavy atom. The average molecular weight is 967 g/mol. The number of ether oxygens (including phenoxy) is 4. The second kappa shape index (κ2) is 19.3. The van der Waals surface area contributed by atoms with Crippen LogP contribution in [0, 0.1) is 29.1 Å². The van der Waals surface area contributed by atoms with Gasteiger partial charge in [-0.25, -0.2) is 13.4 Å². The van der Waals surface area contributed by atoms with Crippen molar-refractivity contribution >= 4 is 50.1 Å². The molecule has 3 aliphatic heterocycles. The van der Waals surface area contributed by atoms with Gasteiger partial charge in [0.2, 0.25) is 33.3 Å². The van der Waals surface area contributed by atoms with Crippen molar-refractivity contribution < 1.29 is 59.7 Å². The normalized spacial score (nSPS) is 27.9. The number of sulfonamides is 1. The van der Waals surface area contributed by atoms with Crippen LogP contribution in [0.25, 0.3) is 22.0 Å². The molecule has 0 radical (unpaired) electrons. The molecule has 2 saturated carbocycles. The summed E-state index contributed by atoms with van der Waals surface area (Å²) in [6, 6.07) is 14.1. The maximum atomic E-state index is 15.1. The lowest BCUT2D eigenvalue weighted by Gasteiger charge is -2.33. The number of allylic oxidation sites excluding steroid dienone is 2. The number of nitrogens with one attached hydrogen (secondary N) is 1. The van der Waals surface area contributed by atoms with Gasteiger partial charge in [0.1, 0.15) is 11.9 Å². The summed E-state index contributed by atoms with van der Waals surface area (Å²) >= 11 is 0. The van der Waals surface area contributed by atoms with Crippen LogP contribution in [-0.2, 0) is 38.7 Å². The van der Waals surface area contributed by atoms with Crippen LogP contribution in [0.5, 0.6) is 11.6 Å². The van der Waals surface area contributed by atoms with Gasteiger partial charge in [-0.15, -0.1) is 0 Å². The predicted molar refractivity (Wildman–Crippen MR) is 247 cm³/mol. The zero-order chi connectivity index (χ0) is 48.8. The number of nitrogens with zero attached hydrogens (tertiary/aromatic N) is 3. The number of Topliss-reactive ketones (excluding diaryl/α,β-unsaturated/α-hetero) is 1. The number of benzene rings is 2. The first kappa shape index (κ1) is 49.2. The Morgan fingerprint density at radius 3 is 2.38 bits per heavy atom. The molecule has 68 heavy (non-hydrogen) atoms. The molecule has 2 amide bonds. The van der Waals surface area contributed by atoms with Crippen LogP contribution in [-0.4, -0.2) is 111 Å². The number of anilines is 1. The van der Waals surface area contributed by atoms with Crippen LogP contribution in [0.3, 0.4) is 0 Å². The van der Waals surface area contributed by atoms with E-state index in [4.69, 9.17) is 23.9 Å². The third-order valence-electron chi connectivity index (χ3n) is 14.4. The van der Waals surface area contributed by atoms with Gasteiger partial charge in [-0.1, -0.05) is 38.1 Å². The molecule has 8 rings (SSSR count). The van der Waals surface area contributed by atoms with Crippen LogP contribution in [0.1, 0.15) is 85.5 Å². The minimum absolute atomic E-state index is 0.00146. The highest BCUT2D eigenvalue weighted by Gasteiger charge is 2.62. The highest BCUT2D eigenvalue weighted by atomic mass is 32.2. The van der Waals surface area contributed by atoms with E-state index >= 15 is 4.79 Å². The SMILES string of the molecule is COc1ccc2c(O[C@@H]3C[C@H]4C(=O)C[C@]5(C(=O)NS(=O)(=O)C6CC6)C[C@H]5/C=C\CC[C@@H](C)C[C@@H](C)[C@H](CC(=O)OC(C)(C)C(F)(F)F)C(=O)N4C3)nc(-c3ccc(N4CCOCC4)cc3)cc2c1. The van der Waals surface area contributed by atoms with Crippen LogP contribution >= 0.6 is 0 Å². The van der Waals surface area contributed by atoms with Crippen molar-refractivity contribution in [3.05, 3.63) is 60.7 Å². The zero-order valence-corrected chi connectivity index (χ0v) is 40.0. The third kappa shape index (κ3) is 10.7. The number of morpholine rings is 1. The number of pyridine rings is 1. The van der Waals surface area contributed by atoms with Crippen molar-refractivity contribution in [2.75, 3.05) is 44.9 Å². The number of hydrogen-bond donors (Lipinski definition) is 1. The first-order valence-corrected chi connectivity index (χ1v) is 25.2. The summed E-state index contributed by atoms with van der Waals surface area (Å²) in [6.45, 7) is 7.90. The minimum Gasteiger partial charge on any atom is -0.497 e. The maximum absolute atomic E-state index is 15.1. The molecule has 7 atom stereocenters. The van der Waals surface area contributed by atoms with Crippen LogP contribution in [0.2, 0.25) is 0 Å². The number of carbonyl (C=O) groups is 4. The number of alkyl halides is 3. The molecule has 3 aromatic rings. The first-order valence-electron chi connectivity index (χ1n) is 23.6. The Bertz CT molecular complexity index is 2540. The van der Waals surface area contributed by atoms with Gasteiger partial charge in [0.05, 0.1) is 61.6 Å². The molecule has 14 nitrogen and oxygen atoms in total. The molecule has 0 spiro atoms. The quantitative estimate of drug-likeness (QED) is 0.148. The van der Waals surface area contributed by atoms with Gasteiger partial charge >= 0.3 is 12.1 Å². The van der Waals surface area contributed by atoms with Gasteiger partial charge in [0, 0.05) is 42.6 Å². The predicted octanol–water partition coefficient (Wildman–Crippen LogP) is 7.57. The van der Waals surface area contributed by atoms with E-state index in [1.807, 2.05) is 55.5 Å². The molecular formula is C50H61F3N4O10S. The molecule has 2 saturated heterocycles. The van der Waals surface area contributed by atoms with Gasteiger partial charge in [0.25, 0.3) is 0 Å². The van der Waals surface area contributed by atoms with Gasteiger partial charge in [-0.2, -0.15) is 13.2 Å². The highest BCUT2D eigenvalue weighted by Crippen LogP contribution is 2.57. The van der Waals surface area contributed by atoms with E-state index in [9.17, 15) is 36.0 Å². The lowest BCUT2D eigenvalue weighted by Crippen LogP contribution is -2.48. The highest BCUT2D eigenvalue weighted by molar-refractivity contribution is 7.90. The van der Waals surface area contributed by atoms with Gasteiger partial charge in [-0.3, -0.25) is 23.9 Å². The molecule has 0 bridgehead atoms. The van der Waals surface area contributed by atoms with Gasteiger partial charge in [0.15, 0.2) is 5.78 Å². The number of hydrogen-bond acceptors (Lipinski definition) is 12. The summed E-state index contributed by atoms with van der Waals surface area (Å²) in [4.78, 5) is 66.1. The van der Waals surface area contributed by atoms with Crippen molar-refractivity contribution in [2.24, 2.45) is 29.1 Å². The number of fused-ring (bicyclic) bond motifs is 3. The number of amides is 2. The summed E-state index contributed by atoms with van der Waals surface area (Å²) in [5, 5.41) is 0.686. The Morgan fingerprint density at radius 1 is 0.985 bits per heavy atom. The lowest BCUT2D eigenvalue weighted by atomic mass is 9.82. The van der Waals surface area contributed by atoms with E-state index in [0.29, 0.717) is 62.1 Å². The van der Waals surface area contributed by atoms with E-state index in [2.05, 4.69) is 9.62 Å². The van der Waals surface area contributed by atoms with E-state index in [0.717, 1.165) is 43.6 Å². The van der Waals surface area contributed by atoms with Crippen molar-refractivity contribution in [1.82, 2.24) is 14.6 Å². The standard InChI is InChI=1S/C50H61F3N4O10S/c1-30-8-6-7-9-34-27-49(34,47(61)55-68(62,63)38-15-16-38)28-43(58)42-25-37(29-57(42)46(60)40(31(2)22-30)26-44(59)67-48(3,4)50(51,52)53)66-45-39-17-14-36(64-5)23-33(39)24-41(54-45)32-10-12-35(13-11-32)56-18-20-65-21-19-56/h7,9-14,17,23-24,30-31,34,37-38,40,42H,6,8,15-16,18-22,25-29H2,1-5H3,(H,55,61)/b9-7-/t30-,31-,34-,37-,40+,42+,49-/m1/s1. The minimum atomic E-state index is -4.88. The topological polar surface area (TPSA) is 171 Å². The smallest absolute Gasteiger partial charge is 0.427 e. The fourth-order valence-electron chi connectivity index (χ4n) is 9.94. The summed E-state index contributed by atoms with van der Waals surface area (Å²) < 4.78 is 93.0. The molecule has 4 fully saturated rings. The van der Waals surface area contributed by atoms with Crippen molar-refractivity contribution in [3.8, 4) is 22.9 Å². The summed E-state index contributed by atoms with van der Waals surface area (Å²) in [6.07, 6.45) is -0.316. The Balaban J connectivity index is 1.14. The molecule has 18 heteroatoms. The van der Waals surface area contributed by atoms with Crippen molar-refractivity contribution in [2.45, 2.75) is 115 Å². The monoisotopic (exact) mass is 966 g/mol. The summed E-state index contributed by atoms with van der Waals surface area (Å²) in [5.74, 6) is -4.47. The van der Waals surface area contributed by atoms with Crippen molar-refractivity contribution in [3.63, 3.8) is 0 Å². The average Bonchev–Trinajstić information content (AvgIpc) is 4.23. The molecule has 1 aromatic heterocycles. The molecule has 4 heterocycles. The molecule has 368 valence electrons. The Labute approximate surface area is 395 Å². The number of ketones is 1. The van der Waals surface area contributed by atoms with Crippen LogP contribution in [0.4, 0.5) is 18.9 Å². The molecule has 1 N–H and O–H groups in total. The van der Waals surface area contributed by atoms with Gasteiger partial charge in [-0.05, 0) is 112 Å². The number of methoxy groups -OCH3 is 1. The number of halogens is 3. The number of rotatable bonds is 11. The first-order chi connectivity index (χ1) is 32.2. The molecule has 0 unspecified atom stereocenters. The second-order valence-corrected chi connectivity index (χ2v) is 21.9. The lowest BCUT2D eigenvalue weighted by molar-refractivity contribution is -0.257. The molecule has 5 aliphatic rings. The molecule has 2 aromatic carbocycles. The van der Waals surface area contributed by atoms with E-state index < -0.39 is 92.4 Å². The maximum Gasteiger partial charge on any atom is 0.427 e. The second-order valence-electron chi connectivity index (χ2n) is 19.9. The van der Waals surface area contributed by atoms with Crippen LogP contribution in [0.15, 0.2) is 60.7 Å². The fraction of sp³-hybridized carbons (Fsp3) is 0.580. The van der Waals surface area contributed by atoms with Crippen molar-refractivity contribution in [1.29, 1.82) is 0 Å².